The van der Waals surface area contributed by atoms with Crippen LogP contribution in [0.3, 0.4) is 0 Å². The van der Waals surface area contributed by atoms with Crippen LogP contribution >= 0.6 is 0 Å². The van der Waals surface area contributed by atoms with Crippen LogP contribution in [-0.4, -0.2) is 19.5 Å². The highest BCUT2D eigenvalue weighted by Crippen LogP contribution is 2.18. The van der Waals surface area contributed by atoms with Crippen molar-refractivity contribution in [3.8, 4) is 0 Å². The van der Waals surface area contributed by atoms with Gasteiger partial charge in [-0.1, -0.05) is 20.3 Å². The predicted molar refractivity (Wildman–Crippen MR) is 39.4 cm³/mol. The standard InChI is InChI=1S/C8H15O2/c1-3-4-7(2)8-9-5-6-10-8/h7-8H,1,3-6H2,2H3. The van der Waals surface area contributed by atoms with E-state index in [9.17, 15) is 0 Å². The monoisotopic (exact) mass is 143 g/mol. The SMILES string of the molecule is [CH2]CCC(C)C1OCCO1. The fraction of sp³-hybridized carbons (Fsp3) is 0.875. The molecule has 1 heterocycles. The molecule has 0 amide bonds. The van der Waals surface area contributed by atoms with Crippen LogP contribution in [0.25, 0.3) is 0 Å². The molecule has 0 aromatic rings. The molecule has 1 aliphatic heterocycles. The molecular formula is C8H15O2. The van der Waals surface area contributed by atoms with Gasteiger partial charge in [0.15, 0.2) is 6.29 Å². The Bertz CT molecular complexity index is 87.3. The molecule has 0 aromatic heterocycles. The lowest BCUT2D eigenvalue weighted by atomic mass is 10.1. The molecule has 0 N–H and O–H groups in total. The molecule has 2 heteroatoms. The van der Waals surface area contributed by atoms with Gasteiger partial charge in [-0.2, -0.15) is 0 Å². The Morgan fingerprint density at radius 3 is 2.60 bits per heavy atom. The van der Waals surface area contributed by atoms with Crippen molar-refractivity contribution in [3.05, 3.63) is 6.92 Å². The summed E-state index contributed by atoms with van der Waals surface area (Å²) >= 11 is 0. The van der Waals surface area contributed by atoms with Crippen molar-refractivity contribution < 1.29 is 9.47 Å². The fourth-order valence-corrected chi connectivity index (χ4v) is 1.16. The summed E-state index contributed by atoms with van der Waals surface area (Å²) in [6.45, 7) is 7.44. The second kappa shape index (κ2) is 3.94. The summed E-state index contributed by atoms with van der Waals surface area (Å²) in [6.07, 6.45) is 2.09. The van der Waals surface area contributed by atoms with Gasteiger partial charge in [-0.25, -0.2) is 0 Å². The second-order valence-corrected chi connectivity index (χ2v) is 2.73. The number of hydrogen-bond acceptors (Lipinski definition) is 2. The molecule has 1 atom stereocenters. The Kier molecular flexibility index (Phi) is 3.16. The summed E-state index contributed by atoms with van der Waals surface area (Å²) < 4.78 is 10.6. The molecule has 1 radical (unpaired) electrons. The van der Waals surface area contributed by atoms with E-state index in [1.54, 1.807) is 0 Å². The van der Waals surface area contributed by atoms with Gasteiger partial charge >= 0.3 is 0 Å². The summed E-state index contributed by atoms with van der Waals surface area (Å²) in [5.74, 6) is 0.500. The maximum Gasteiger partial charge on any atom is 0.160 e. The van der Waals surface area contributed by atoms with Gasteiger partial charge in [0.05, 0.1) is 13.2 Å². The molecule has 1 rings (SSSR count). The van der Waals surface area contributed by atoms with Crippen molar-refractivity contribution >= 4 is 0 Å². The third kappa shape index (κ3) is 1.96. The molecule has 0 aromatic carbocycles. The molecule has 0 bridgehead atoms. The quantitative estimate of drug-likeness (QED) is 0.597. The van der Waals surface area contributed by atoms with Crippen molar-refractivity contribution in [1.82, 2.24) is 0 Å². The lowest BCUT2D eigenvalue weighted by molar-refractivity contribution is -0.0799. The zero-order valence-corrected chi connectivity index (χ0v) is 6.51. The summed E-state index contributed by atoms with van der Waals surface area (Å²) in [5.41, 5.74) is 0. The number of hydrogen-bond donors (Lipinski definition) is 0. The highest BCUT2D eigenvalue weighted by molar-refractivity contribution is 4.61. The van der Waals surface area contributed by atoms with Crippen molar-refractivity contribution in [2.45, 2.75) is 26.1 Å². The van der Waals surface area contributed by atoms with Crippen LogP contribution in [0.5, 0.6) is 0 Å². The first-order valence-electron chi connectivity index (χ1n) is 3.87. The molecule has 10 heavy (non-hydrogen) atoms. The fourth-order valence-electron chi connectivity index (χ4n) is 1.16. The normalized spacial score (nSPS) is 23.4. The lowest BCUT2D eigenvalue weighted by Gasteiger charge is -2.16. The summed E-state index contributed by atoms with van der Waals surface area (Å²) in [7, 11) is 0. The summed E-state index contributed by atoms with van der Waals surface area (Å²) in [6, 6.07) is 0. The van der Waals surface area contributed by atoms with Gasteiger partial charge in [-0.15, -0.1) is 0 Å². The third-order valence-electron chi connectivity index (χ3n) is 1.77. The number of rotatable bonds is 3. The largest absolute Gasteiger partial charge is 0.350 e. The molecule has 1 saturated heterocycles. The minimum absolute atomic E-state index is 0.0433. The van der Waals surface area contributed by atoms with Gasteiger partial charge in [-0.3, -0.25) is 0 Å². The van der Waals surface area contributed by atoms with Crippen LogP contribution in [0.4, 0.5) is 0 Å². The lowest BCUT2D eigenvalue weighted by Crippen LogP contribution is -2.18. The third-order valence-corrected chi connectivity index (χ3v) is 1.77. The topological polar surface area (TPSA) is 18.5 Å². The van der Waals surface area contributed by atoms with Crippen LogP contribution in [0, 0.1) is 12.8 Å². The van der Waals surface area contributed by atoms with E-state index < -0.39 is 0 Å². The van der Waals surface area contributed by atoms with Crippen LogP contribution in [0.2, 0.25) is 0 Å². The van der Waals surface area contributed by atoms with Gasteiger partial charge in [0, 0.05) is 5.92 Å². The molecule has 1 unspecified atom stereocenters. The molecule has 59 valence electrons. The van der Waals surface area contributed by atoms with Crippen LogP contribution in [-0.2, 0) is 9.47 Å². The van der Waals surface area contributed by atoms with E-state index in [-0.39, 0.29) is 6.29 Å². The minimum Gasteiger partial charge on any atom is -0.350 e. The van der Waals surface area contributed by atoms with Crippen molar-refractivity contribution in [2.75, 3.05) is 13.2 Å². The predicted octanol–water partition coefficient (Wildman–Crippen LogP) is 1.61. The Hall–Kier alpha value is -0.0800. The molecule has 1 fully saturated rings. The maximum atomic E-state index is 5.32. The van der Waals surface area contributed by atoms with E-state index in [1.807, 2.05) is 0 Å². The Labute approximate surface area is 62.5 Å². The van der Waals surface area contributed by atoms with Gasteiger partial charge in [-0.05, 0) is 6.42 Å². The number of ether oxygens (including phenoxy) is 2. The average molecular weight is 143 g/mol. The zero-order valence-electron chi connectivity index (χ0n) is 6.51. The van der Waals surface area contributed by atoms with E-state index in [4.69, 9.17) is 9.47 Å². The molecule has 0 spiro atoms. The van der Waals surface area contributed by atoms with Crippen LogP contribution < -0.4 is 0 Å². The van der Waals surface area contributed by atoms with Crippen molar-refractivity contribution in [3.63, 3.8) is 0 Å². The summed E-state index contributed by atoms with van der Waals surface area (Å²) in [4.78, 5) is 0. The Morgan fingerprint density at radius 1 is 1.50 bits per heavy atom. The second-order valence-electron chi connectivity index (χ2n) is 2.73. The first-order chi connectivity index (χ1) is 4.84. The highest BCUT2D eigenvalue weighted by Gasteiger charge is 2.21. The average Bonchev–Trinajstić information content (AvgIpc) is 2.38. The van der Waals surface area contributed by atoms with Gasteiger partial charge < -0.3 is 9.47 Å². The van der Waals surface area contributed by atoms with Gasteiger partial charge in [0.1, 0.15) is 0 Å². The van der Waals surface area contributed by atoms with Crippen LogP contribution in [0.15, 0.2) is 0 Å². The molecule has 1 aliphatic rings. The molecule has 0 aliphatic carbocycles. The van der Waals surface area contributed by atoms with Crippen molar-refractivity contribution in [2.24, 2.45) is 5.92 Å². The van der Waals surface area contributed by atoms with E-state index >= 15 is 0 Å². The minimum atomic E-state index is 0.0433. The van der Waals surface area contributed by atoms with Crippen LogP contribution in [0.1, 0.15) is 19.8 Å². The van der Waals surface area contributed by atoms with E-state index in [1.165, 1.54) is 0 Å². The zero-order chi connectivity index (χ0) is 7.40. The first kappa shape index (κ1) is 8.02. The summed E-state index contributed by atoms with van der Waals surface area (Å²) in [5, 5.41) is 0. The van der Waals surface area contributed by atoms with E-state index in [0.29, 0.717) is 5.92 Å². The smallest absolute Gasteiger partial charge is 0.160 e. The highest BCUT2D eigenvalue weighted by atomic mass is 16.7. The maximum absolute atomic E-state index is 5.32. The van der Waals surface area contributed by atoms with Gasteiger partial charge in [0.2, 0.25) is 0 Å². The molecule has 0 saturated carbocycles. The van der Waals surface area contributed by atoms with E-state index in [2.05, 4.69) is 13.8 Å². The molecule has 2 nitrogen and oxygen atoms in total. The van der Waals surface area contributed by atoms with Gasteiger partial charge in [0.25, 0.3) is 0 Å². The first-order valence-corrected chi connectivity index (χ1v) is 3.87. The van der Waals surface area contributed by atoms with Crippen molar-refractivity contribution in [1.29, 1.82) is 0 Å². The Balaban J connectivity index is 2.18. The molecular weight excluding hydrogens is 128 g/mol. The Morgan fingerprint density at radius 2 is 2.10 bits per heavy atom. The van der Waals surface area contributed by atoms with E-state index in [0.717, 1.165) is 26.1 Å².